The third kappa shape index (κ3) is 2.64. The average Bonchev–Trinajstić information content (AvgIpc) is 2.79. The summed E-state index contributed by atoms with van der Waals surface area (Å²) in [6.07, 6.45) is 3.35. The van der Waals surface area contributed by atoms with E-state index < -0.39 is 0 Å². The van der Waals surface area contributed by atoms with Crippen molar-refractivity contribution >= 4 is 0 Å². The molecule has 1 nitrogen and oxygen atoms in total. The highest BCUT2D eigenvalue weighted by Gasteiger charge is 2.19. The lowest BCUT2D eigenvalue weighted by Gasteiger charge is -2.10. The lowest BCUT2D eigenvalue weighted by molar-refractivity contribution is 0.647. The lowest BCUT2D eigenvalue weighted by atomic mass is 9.96. The third-order valence-corrected chi connectivity index (χ3v) is 4.17. The molecule has 0 saturated carbocycles. The summed E-state index contributed by atoms with van der Waals surface area (Å²) in [5.74, 6) is 0.697. The predicted octanol–water partition coefficient (Wildman–Crippen LogP) is 4.50. The second-order valence-electron chi connectivity index (χ2n) is 6.36. The highest BCUT2D eigenvalue weighted by Crippen LogP contribution is 2.33. The number of hydrogen-bond donors (Lipinski definition) is 1. The highest BCUT2D eigenvalue weighted by molar-refractivity contribution is 5.66. The van der Waals surface area contributed by atoms with Gasteiger partial charge in [0, 0.05) is 6.04 Å². The van der Waals surface area contributed by atoms with Gasteiger partial charge in [-0.15, -0.1) is 0 Å². The molecule has 0 spiro atoms. The first-order valence-electron chi connectivity index (χ1n) is 7.61. The van der Waals surface area contributed by atoms with Gasteiger partial charge in [0.25, 0.3) is 0 Å². The van der Waals surface area contributed by atoms with Crippen molar-refractivity contribution in [2.24, 2.45) is 11.7 Å². The molecule has 0 radical (unpaired) electrons. The Hall–Kier alpha value is -1.60. The quantitative estimate of drug-likeness (QED) is 0.869. The Labute approximate surface area is 121 Å². The van der Waals surface area contributed by atoms with Crippen molar-refractivity contribution in [3.05, 3.63) is 59.2 Å². The van der Waals surface area contributed by atoms with Crippen LogP contribution in [-0.2, 0) is 12.8 Å². The minimum absolute atomic E-state index is 0.242. The molecule has 0 aliphatic heterocycles. The van der Waals surface area contributed by atoms with Gasteiger partial charge in [-0.2, -0.15) is 0 Å². The molecule has 1 aliphatic carbocycles. The largest absolute Gasteiger partial charge is 0.324 e. The van der Waals surface area contributed by atoms with Crippen molar-refractivity contribution in [1.29, 1.82) is 0 Å². The smallest absolute Gasteiger partial charge is 0.0300 e. The number of hydrogen-bond acceptors (Lipinski definition) is 1. The SMILES string of the molecule is CC(C)Cc1cccc(-c2ccc3c(c2)CCC3N)c1. The molecule has 1 atom stereocenters. The van der Waals surface area contributed by atoms with Crippen molar-refractivity contribution in [1.82, 2.24) is 0 Å². The number of aryl methyl sites for hydroxylation is 1. The van der Waals surface area contributed by atoms with Gasteiger partial charge in [0.2, 0.25) is 0 Å². The van der Waals surface area contributed by atoms with Gasteiger partial charge >= 0.3 is 0 Å². The van der Waals surface area contributed by atoms with Gasteiger partial charge in [0.15, 0.2) is 0 Å². The van der Waals surface area contributed by atoms with Gasteiger partial charge < -0.3 is 5.73 Å². The molecule has 0 saturated heterocycles. The van der Waals surface area contributed by atoms with Crippen molar-refractivity contribution < 1.29 is 0 Å². The van der Waals surface area contributed by atoms with Crippen LogP contribution in [0.4, 0.5) is 0 Å². The van der Waals surface area contributed by atoms with E-state index in [1.54, 1.807) is 0 Å². The number of fused-ring (bicyclic) bond motifs is 1. The molecule has 3 rings (SSSR count). The van der Waals surface area contributed by atoms with E-state index in [0.717, 1.165) is 19.3 Å². The number of nitrogens with two attached hydrogens (primary N) is 1. The van der Waals surface area contributed by atoms with E-state index in [4.69, 9.17) is 5.73 Å². The Bertz CT molecular complexity index is 613. The Kier molecular flexibility index (Phi) is 3.62. The van der Waals surface area contributed by atoms with Gasteiger partial charge in [0.1, 0.15) is 0 Å². The second-order valence-corrected chi connectivity index (χ2v) is 6.36. The van der Waals surface area contributed by atoms with E-state index in [1.807, 2.05) is 0 Å². The summed E-state index contributed by atoms with van der Waals surface area (Å²) in [4.78, 5) is 0. The van der Waals surface area contributed by atoms with Gasteiger partial charge in [-0.1, -0.05) is 56.3 Å². The van der Waals surface area contributed by atoms with Gasteiger partial charge in [-0.05, 0) is 53.0 Å². The number of rotatable bonds is 3. The van der Waals surface area contributed by atoms with Crippen LogP contribution in [0, 0.1) is 5.92 Å². The summed E-state index contributed by atoms with van der Waals surface area (Å²) in [6.45, 7) is 4.53. The van der Waals surface area contributed by atoms with Crippen molar-refractivity contribution in [2.75, 3.05) is 0 Å². The second kappa shape index (κ2) is 5.41. The standard InChI is InChI=1S/C19H23N/c1-13(2)10-14-4-3-5-15(11-14)16-6-8-18-17(12-16)7-9-19(18)20/h3-6,8,11-13,19H,7,9-10,20H2,1-2H3. The summed E-state index contributed by atoms with van der Waals surface area (Å²) in [5, 5.41) is 0. The minimum Gasteiger partial charge on any atom is -0.324 e. The maximum Gasteiger partial charge on any atom is 0.0300 e. The first-order chi connectivity index (χ1) is 9.63. The normalized spacial score (nSPS) is 17.5. The van der Waals surface area contributed by atoms with E-state index >= 15 is 0 Å². The highest BCUT2D eigenvalue weighted by atomic mass is 14.6. The first-order valence-corrected chi connectivity index (χ1v) is 7.61. The molecule has 20 heavy (non-hydrogen) atoms. The van der Waals surface area contributed by atoms with Crippen LogP contribution in [0.2, 0.25) is 0 Å². The fourth-order valence-electron chi connectivity index (χ4n) is 3.18. The van der Waals surface area contributed by atoms with E-state index in [9.17, 15) is 0 Å². The van der Waals surface area contributed by atoms with Crippen LogP contribution in [0.5, 0.6) is 0 Å². The van der Waals surface area contributed by atoms with Gasteiger partial charge in [0.05, 0.1) is 0 Å². The molecule has 2 aromatic rings. The molecule has 0 bridgehead atoms. The van der Waals surface area contributed by atoms with Crippen LogP contribution >= 0.6 is 0 Å². The monoisotopic (exact) mass is 265 g/mol. The Morgan fingerprint density at radius 3 is 2.70 bits per heavy atom. The molecule has 2 N–H and O–H groups in total. The van der Waals surface area contributed by atoms with Gasteiger partial charge in [-0.3, -0.25) is 0 Å². The van der Waals surface area contributed by atoms with Crippen molar-refractivity contribution in [3.63, 3.8) is 0 Å². The minimum atomic E-state index is 0.242. The molecule has 0 fully saturated rings. The zero-order chi connectivity index (χ0) is 14.1. The molecular weight excluding hydrogens is 242 g/mol. The fourth-order valence-corrected chi connectivity index (χ4v) is 3.18. The number of benzene rings is 2. The summed E-state index contributed by atoms with van der Waals surface area (Å²) in [5.41, 5.74) is 13.0. The summed E-state index contributed by atoms with van der Waals surface area (Å²) in [6, 6.07) is 16.0. The average molecular weight is 265 g/mol. The molecule has 1 aliphatic rings. The zero-order valence-corrected chi connectivity index (χ0v) is 12.4. The van der Waals surface area contributed by atoms with Crippen LogP contribution in [0.3, 0.4) is 0 Å². The molecule has 1 unspecified atom stereocenters. The van der Waals surface area contributed by atoms with Crippen LogP contribution in [0.15, 0.2) is 42.5 Å². The molecule has 0 heterocycles. The summed E-state index contributed by atoms with van der Waals surface area (Å²) >= 11 is 0. The van der Waals surface area contributed by atoms with Gasteiger partial charge in [-0.25, -0.2) is 0 Å². The van der Waals surface area contributed by atoms with E-state index in [1.165, 1.54) is 27.8 Å². The van der Waals surface area contributed by atoms with Crippen LogP contribution in [-0.4, -0.2) is 0 Å². The molecular formula is C19H23N. The van der Waals surface area contributed by atoms with Crippen LogP contribution in [0.25, 0.3) is 11.1 Å². The Morgan fingerprint density at radius 2 is 1.90 bits per heavy atom. The van der Waals surface area contributed by atoms with Crippen LogP contribution < -0.4 is 5.73 Å². The maximum absolute atomic E-state index is 6.11. The topological polar surface area (TPSA) is 26.0 Å². The molecule has 2 aromatic carbocycles. The Morgan fingerprint density at radius 1 is 1.10 bits per heavy atom. The van der Waals surface area contributed by atoms with E-state index in [0.29, 0.717) is 5.92 Å². The van der Waals surface area contributed by atoms with Crippen molar-refractivity contribution in [2.45, 2.75) is 39.2 Å². The molecule has 0 amide bonds. The maximum atomic E-state index is 6.11. The molecule has 104 valence electrons. The van der Waals surface area contributed by atoms with E-state index in [2.05, 4.69) is 56.3 Å². The molecule has 0 aromatic heterocycles. The van der Waals surface area contributed by atoms with Crippen molar-refractivity contribution in [3.8, 4) is 11.1 Å². The lowest BCUT2D eigenvalue weighted by Crippen LogP contribution is -2.04. The summed E-state index contributed by atoms with van der Waals surface area (Å²) < 4.78 is 0. The third-order valence-electron chi connectivity index (χ3n) is 4.17. The first kappa shape index (κ1) is 13.4. The summed E-state index contributed by atoms with van der Waals surface area (Å²) in [7, 11) is 0. The fraction of sp³-hybridized carbons (Fsp3) is 0.368. The zero-order valence-electron chi connectivity index (χ0n) is 12.4. The predicted molar refractivity (Wildman–Crippen MR) is 85.7 cm³/mol. The van der Waals surface area contributed by atoms with E-state index in [-0.39, 0.29) is 6.04 Å². The van der Waals surface area contributed by atoms with Crippen LogP contribution in [0.1, 0.15) is 43.0 Å². The Balaban J connectivity index is 1.93. The molecule has 1 heteroatoms.